The van der Waals surface area contributed by atoms with E-state index < -0.39 is 0 Å². The Labute approximate surface area is 161 Å². The summed E-state index contributed by atoms with van der Waals surface area (Å²) in [5.74, 6) is 0.474. The van der Waals surface area contributed by atoms with Crippen LogP contribution in [-0.2, 0) is 19.8 Å². The van der Waals surface area contributed by atoms with Crippen LogP contribution >= 0.6 is 23.8 Å². The van der Waals surface area contributed by atoms with Crippen molar-refractivity contribution in [2.24, 2.45) is 0 Å². The molecule has 2 heterocycles. The summed E-state index contributed by atoms with van der Waals surface area (Å²) >= 11 is 11.7. The fourth-order valence-corrected chi connectivity index (χ4v) is 3.30. The van der Waals surface area contributed by atoms with Gasteiger partial charge in [-0.1, -0.05) is 17.7 Å². The summed E-state index contributed by atoms with van der Waals surface area (Å²) in [6.07, 6.45) is 3.45. The molecule has 3 aromatic rings. The summed E-state index contributed by atoms with van der Waals surface area (Å²) < 4.78 is 18.3. The van der Waals surface area contributed by atoms with Crippen molar-refractivity contribution in [1.82, 2.24) is 24.2 Å². The predicted molar refractivity (Wildman–Crippen MR) is 103 cm³/mol. The molecule has 0 saturated heterocycles. The molecule has 3 rings (SSSR count). The number of halogens is 2. The minimum Gasteiger partial charge on any atom is -0.300 e. The first-order valence-electron chi connectivity index (χ1n) is 8.20. The molecule has 0 aliphatic carbocycles. The first-order chi connectivity index (χ1) is 12.5. The van der Waals surface area contributed by atoms with Crippen LogP contribution in [0.15, 0.2) is 42.7 Å². The van der Waals surface area contributed by atoms with Crippen LogP contribution in [0.4, 0.5) is 4.39 Å². The fraction of sp³-hybridized carbons (Fsp3) is 0.278. The van der Waals surface area contributed by atoms with E-state index in [0.29, 0.717) is 35.1 Å². The Morgan fingerprint density at radius 2 is 1.96 bits per heavy atom. The van der Waals surface area contributed by atoms with Gasteiger partial charge in [0.15, 0.2) is 10.6 Å². The molecule has 0 aliphatic rings. The van der Waals surface area contributed by atoms with E-state index in [0.717, 1.165) is 11.4 Å². The Balaban J connectivity index is 1.86. The van der Waals surface area contributed by atoms with E-state index in [1.54, 1.807) is 29.2 Å². The minimum absolute atomic E-state index is 0.315. The molecule has 0 saturated carbocycles. The van der Waals surface area contributed by atoms with Crippen molar-refractivity contribution in [2.45, 2.75) is 26.7 Å². The van der Waals surface area contributed by atoms with Gasteiger partial charge in [0.25, 0.3) is 0 Å². The summed E-state index contributed by atoms with van der Waals surface area (Å²) in [5.41, 5.74) is 1.42. The normalized spacial score (nSPS) is 11.3. The number of aromatic nitrogens is 4. The van der Waals surface area contributed by atoms with Crippen LogP contribution < -0.4 is 0 Å². The third-order valence-electron chi connectivity index (χ3n) is 4.04. The van der Waals surface area contributed by atoms with Crippen molar-refractivity contribution in [3.8, 4) is 11.4 Å². The Morgan fingerprint density at radius 3 is 2.62 bits per heavy atom. The van der Waals surface area contributed by atoms with E-state index in [9.17, 15) is 4.39 Å². The number of hydrogen-bond donors (Lipinski definition) is 0. The van der Waals surface area contributed by atoms with Gasteiger partial charge in [0.1, 0.15) is 5.82 Å². The lowest BCUT2D eigenvalue weighted by Gasteiger charge is -2.17. The highest BCUT2D eigenvalue weighted by Crippen LogP contribution is 2.21. The molecule has 0 amide bonds. The largest absolute Gasteiger partial charge is 0.300 e. The third-order valence-corrected chi connectivity index (χ3v) is 4.83. The van der Waals surface area contributed by atoms with E-state index in [2.05, 4.69) is 10.1 Å². The smallest absolute Gasteiger partial charge is 0.199 e. The van der Waals surface area contributed by atoms with Gasteiger partial charge in [-0.25, -0.2) is 9.07 Å². The SMILES string of the molecule is CCn1c(-c2ccncc2)nn(CN(C)Cc2c(F)cccc2Cl)c1=S. The van der Waals surface area contributed by atoms with Crippen LogP contribution in [0.5, 0.6) is 0 Å². The lowest BCUT2D eigenvalue weighted by Crippen LogP contribution is -2.23. The van der Waals surface area contributed by atoms with Gasteiger partial charge in [0.2, 0.25) is 0 Å². The number of nitrogens with zero attached hydrogens (tertiary/aromatic N) is 5. The summed E-state index contributed by atoms with van der Waals surface area (Å²) in [5, 5.41) is 5.07. The van der Waals surface area contributed by atoms with Crippen molar-refractivity contribution in [3.05, 3.63) is 63.9 Å². The quantitative estimate of drug-likeness (QED) is 0.584. The average Bonchev–Trinajstić information content (AvgIpc) is 2.95. The molecule has 5 nitrogen and oxygen atoms in total. The van der Waals surface area contributed by atoms with Crippen molar-refractivity contribution in [1.29, 1.82) is 0 Å². The maximum atomic E-state index is 14.0. The molecule has 8 heteroatoms. The first-order valence-corrected chi connectivity index (χ1v) is 8.99. The fourth-order valence-electron chi connectivity index (χ4n) is 2.76. The monoisotopic (exact) mass is 391 g/mol. The molecule has 1 aromatic carbocycles. The van der Waals surface area contributed by atoms with Gasteiger partial charge in [-0.05, 0) is 50.5 Å². The molecule has 0 unspecified atom stereocenters. The van der Waals surface area contributed by atoms with Gasteiger partial charge < -0.3 is 4.57 Å². The zero-order chi connectivity index (χ0) is 18.7. The Morgan fingerprint density at radius 1 is 1.23 bits per heavy atom. The lowest BCUT2D eigenvalue weighted by atomic mass is 10.2. The van der Waals surface area contributed by atoms with Gasteiger partial charge >= 0.3 is 0 Å². The van der Waals surface area contributed by atoms with E-state index in [1.807, 2.05) is 35.6 Å². The second-order valence-electron chi connectivity index (χ2n) is 5.94. The molecule has 0 fully saturated rings. The van der Waals surface area contributed by atoms with E-state index in [-0.39, 0.29) is 5.82 Å². The van der Waals surface area contributed by atoms with Gasteiger partial charge in [0.05, 0.1) is 6.67 Å². The topological polar surface area (TPSA) is 38.9 Å². The molecule has 136 valence electrons. The predicted octanol–water partition coefficient (Wildman–Crippen LogP) is 4.38. The van der Waals surface area contributed by atoms with Crippen LogP contribution in [0.1, 0.15) is 12.5 Å². The maximum Gasteiger partial charge on any atom is 0.199 e. The zero-order valence-electron chi connectivity index (χ0n) is 14.6. The molecule has 0 N–H and O–H groups in total. The highest BCUT2D eigenvalue weighted by molar-refractivity contribution is 7.71. The number of pyridine rings is 1. The number of hydrogen-bond acceptors (Lipinski definition) is 4. The van der Waals surface area contributed by atoms with E-state index >= 15 is 0 Å². The first kappa shape index (κ1) is 18.7. The molecular formula is C18H19ClFN5S. The van der Waals surface area contributed by atoms with Crippen LogP contribution in [0, 0.1) is 10.6 Å². The van der Waals surface area contributed by atoms with E-state index in [4.69, 9.17) is 23.8 Å². The second kappa shape index (κ2) is 8.07. The highest BCUT2D eigenvalue weighted by atomic mass is 35.5. The zero-order valence-corrected chi connectivity index (χ0v) is 16.1. The van der Waals surface area contributed by atoms with Crippen molar-refractivity contribution in [3.63, 3.8) is 0 Å². The summed E-state index contributed by atoms with van der Waals surface area (Å²) in [6.45, 7) is 3.51. The van der Waals surface area contributed by atoms with Gasteiger partial charge in [0, 0.05) is 41.6 Å². The minimum atomic E-state index is -0.315. The standard InChI is InChI=1S/C18H19ClFN5S/c1-3-24-17(13-7-9-21-10-8-13)22-25(18(24)26)12-23(2)11-14-15(19)5-4-6-16(14)20/h4-10H,3,11-12H2,1-2H3. The lowest BCUT2D eigenvalue weighted by molar-refractivity contribution is 0.241. The van der Waals surface area contributed by atoms with Crippen molar-refractivity contribution >= 4 is 23.8 Å². The molecule has 0 bridgehead atoms. The molecule has 0 atom stereocenters. The molecule has 0 aliphatic heterocycles. The van der Waals surface area contributed by atoms with E-state index in [1.165, 1.54) is 6.07 Å². The second-order valence-corrected chi connectivity index (χ2v) is 6.71. The average molecular weight is 392 g/mol. The maximum absolute atomic E-state index is 14.0. The van der Waals surface area contributed by atoms with Crippen LogP contribution in [0.2, 0.25) is 5.02 Å². The summed E-state index contributed by atoms with van der Waals surface area (Å²) in [4.78, 5) is 5.96. The molecule has 0 radical (unpaired) electrons. The Kier molecular flexibility index (Phi) is 5.80. The Hall–Kier alpha value is -2.09. The van der Waals surface area contributed by atoms with Gasteiger partial charge in [-0.15, -0.1) is 0 Å². The molecular weight excluding hydrogens is 373 g/mol. The molecule has 2 aromatic heterocycles. The Bertz CT molecular complexity index is 934. The number of benzene rings is 1. The van der Waals surface area contributed by atoms with Crippen molar-refractivity contribution < 1.29 is 4.39 Å². The summed E-state index contributed by atoms with van der Waals surface area (Å²) in [6, 6.07) is 8.49. The third kappa shape index (κ3) is 3.85. The van der Waals surface area contributed by atoms with Crippen molar-refractivity contribution in [2.75, 3.05) is 7.05 Å². The van der Waals surface area contributed by atoms with Crippen LogP contribution in [-0.4, -0.2) is 31.3 Å². The van der Waals surface area contributed by atoms with Crippen LogP contribution in [0.3, 0.4) is 0 Å². The van der Waals surface area contributed by atoms with Gasteiger partial charge in [-0.3, -0.25) is 9.88 Å². The highest BCUT2D eigenvalue weighted by Gasteiger charge is 2.14. The van der Waals surface area contributed by atoms with Gasteiger partial charge in [-0.2, -0.15) is 5.10 Å². The molecule has 26 heavy (non-hydrogen) atoms. The number of rotatable bonds is 6. The summed E-state index contributed by atoms with van der Waals surface area (Å²) in [7, 11) is 1.88. The molecule has 0 spiro atoms. The van der Waals surface area contributed by atoms with Crippen LogP contribution in [0.25, 0.3) is 11.4 Å².